The molecule has 0 spiro atoms. The van der Waals surface area contributed by atoms with Crippen LogP contribution in [0.3, 0.4) is 0 Å². The van der Waals surface area contributed by atoms with Gasteiger partial charge in [-0.15, -0.1) is 0 Å². The summed E-state index contributed by atoms with van der Waals surface area (Å²) < 4.78 is 37.0. The molecule has 0 radical (unpaired) electrons. The van der Waals surface area contributed by atoms with E-state index in [0.717, 1.165) is 37.3 Å². The van der Waals surface area contributed by atoms with Gasteiger partial charge in [-0.2, -0.15) is 8.42 Å². The Labute approximate surface area is 184 Å². The van der Waals surface area contributed by atoms with Gasteiger partial charge in [0.1, 0.15) is 11.3 Å². The Hall–Kier alpha value is -2.35. The lowest BCUT2D eigenvalue weighted by Gasteiger charge is -2.30. The van der Waals surface area contributed by atoms with E-state index in [-0.39, 0.29) is 0 Å². The second-order valence-electron chi connectivity index (χ2n) is 8.16. The van der Waals surface area contributed by atoms with Gasteiger partial charge < -0.3 is 14.1 Å². The highest BCUT2D eigenvalue weighted by Gasteiger charge is 2.23. The van der Waals surface area contributed by atoms with Gasteiger partial charge in [0, 0.05) is 18.5 Å². The second-order valence-corrected chi connectivity index (χ2v) is 9.62. The first-order valence-corrected chi connectivity index (χ1v) is 12.3. The summed E-state index contributed by atoms with van der Waals surface area (Å²) in [4.78, 5) is 2.46. The average molecular weight is 446 g/mol. The number of furan rings is 1. The molecule has 3 aromatic rings. The molecule has 0 aliphatic heterocycles. The summed E-state index contributed by atoms with van der Waals surface area (Å²) in [5.74, 6) is 1.66. The third kappa shape index (κ3) is 6.82. The first kappa shape index (κ1) is 23.3. The average Bonchev–Trinajstić information content (AvgIpc) is 3.19. The summed E-state index contributed by atoms with van der Waals surface area (Å²) in [5, 5.41) is 1.18. The van der Waals surface area contributed by atoms with Crippen molar-refractivity contribution in [2.24, 2.45) is 0 Å². The van der Waals surface area contributed by atoms with Crippen molar-refractivity contribution in [2.45, 2.75) is 31.6 Å². The van der Waals surface area contributed by atoms with E-state index in [0.29, 0.717) is 12.2 Å². The molecule has 0 bridgehead atoms. The van der Waals surface area contributed by atoms with E-state index in [1.165, 1.54) is 34.9 Å². The fourth-order valence-corrected chi connectivity index (χ4v) is 4.24. The molecule has 1 unspecified atom stereocenters. The van der Waals surface area contributed by atoms with E-state index in [1.807, 2.05) is 6.07 Å². The van der Waals surface area contributed by atoms with Crippen molar-refractivity contribution in [2.75, 3.05) is 33.5 Å². The molecule has 1 aliphatic rings. The largest absolute Gasteiger partial charge is 0.496 e. The Morgan fingerprint density at radius 2 is 2.00 bits per heavy atom. The zero-order valence-electron chi connectivity index (χ0n) is 18.4. The van der Waals surface area contributed by atoms with Gasteiger partial charge in [0.05, 0.1) is 19.6 Å². The number of hydrogen-bond donors (Lipinski definition) is 1. The van der Waals surface area contributed by atoms with Crippen LogP contribution in [0.5, 0.6) is 5.75 Å². The number of fused-ring (bicyclic) bond motifs is 2. The monoisotopic (exact) mass is 445 g/mol. The quantitative estimate of drug-likeness (QED) is 0.561. The predicted octanol–water partition coefficient (Wildman–Crippen LogP) is 4.54. The van der Waals surface area contributed by atoms with E-state index >= 15 is 0 Å². The maximum absolute atomic E-state index is 9.19. The van der Waals surface area contributed by atoms with Crippen LogP contribution in [0.4, 0.5) is 0 Å². The number of benzene rings is 2. The molecule has 1 aliphatic carbocycles. The molecule has 0 saturated heterocycles. The van der Waals surface area contributed by atoms with Crippen LogP contribution in [-0.2, 0) is 23.0 Å². The second kappa shape index (κ2) is 10.3. The van der Waals surface area contributed by atoms with Crippen molar-refractivity contribution < 1.29 is 22.1 Å². The lowest BCUT2D eigenvalue weighted by atomic mass is 9.82. The topological polar surface area (TPSA) is 80.0 Å². The lowest BCUT2D eigenvalue weighted by Crippen LogP contribution is -2.28. The van der Waals surface area contributed by atoms with Crippen LogP contribution < -0.4 is 4.74 Å². The van der Waals surface area contributed by atoms with Crippen molar-refractivity contribution in [1.29, 1.82) is 0 Å². The smallest absolute Gasteiger partial charge is 0.261 e. The molecule has 168 valence electrons. The van der Waals surface area contributed by atoms with Crippen molar-refractivity contribution in [3.63, 3.8) is 0 Å². The highest BCUT2D eigenvalue weighted by atomic mass is 32.2. The summed E-state index contributed by atoms with van der Waals surface area (Å²) in [5.41, 5.74) is 5.23. The van der Waals surface area contributed by atoms with Crippen molar-refractivity contribution in [3.8, 4) is 5.75 Å². The summed E-state index contributed by atoms with van der Waals surface area (Å²) >= 11 is 0. The van der Waals surface area contributed by atoms with Gasteiger partial charge in [-0.25, -0.2) is 0 Å². The molecule has 4 rings (SSSR count). The molecule has 6 nitrogen and oxygen atoms in total. The molecule has 7 heteroatoms. The van der Waals surface area contributed by atoms with Crippen molar-refractivity contribution in [1.82, 2.24) is 4.90 Å². The number of rotatable bonds is 6. The Bertz CT molecular complexity index is 1100. The summed E-state index contributed by atoms with van der Waals surface area (Å²) in [6, 6.07) is 15.1. The van der Waals surface area contributed by atoms with Crippen LogP contribution in [0, 0.1) is 0 Å². The molecule has 0 amide bonds. The summed E-state index contributed by atoms with van der Waals surface area (Å²) in [7, 11) is 0.348. The molecule has 2 aromatic carbocycles. The predicted molar refractivity (Wildman–Crippen MR) is 124 cm³/mol. The van der Waals surface area contributed by atoms with Gasteiger partial charge in [0.25, 0.3) is 10.1 Å². The van der Waals surface area contributed by atoms with Gasteiger partial charge in [0.15, 0.2) is 0 Å². The van der Waals surface area contributed by atoms with Crippen molar-refractivity contribution >= 4 is 21.1 Å². The lowest BCUT2D eigenvalue weighted by molar-refractivity contribution is 0.299. The number of likely N-dealkylation sites (N-methyl/N-ethyl adjacent to an activating group) is 1. The van der Waals surface area contributed by atoms with Crippen LogP contribution in [0.15, 0.2) is 53.1 Å². The van der Waals surface area contributed by atoms with E-state index in [2.05, 4.69) is 48.3 Å². The fourth-order valence-electron chi connectivity index (χ4n) is 4.24. The van der Waals surface area contributed by atoms with Crippen molar-refractivity contribution in [3.05, 3.63) is 65.4 Å². The van der Waals surface area contributed by atoms with E-state index < -0.39 is 10.1 Å². The standard InChI is InChI=1S/C23H27NO2.CH4O3S/c1-24(13-11-17-9-10-18-12-14-26-23(18)15-17)16-19-5-3-7-21-20(19)6-4-8-22(21)25-2;1-5(2,3)4/h4,6,8-10,12,14-15,19H,3,5,7,11,13,16H2,1-2H3;1H3,(H,2,3,4). The number of hydrogen-bond acceptors (Lipinski definition) is 5. The maximum Gasteiger partial charge on any atom is 0.261 e. The molecule has 31 heavy (non-hydrogen) atoms. The Balaban J connectivity index is 0.000000491. The van der Waals surface area contributed by atoms with Gasteiger partial charge in [0.2, 0.25) is 0 Å². The molecule has 1 aromatic heterocycles. The van der Waals surface area contributed by atoms with Gasteiger partial charge in [-0.05, 0) is 73.5 Å². The first-order valence-electron chi connectivity index (χ1n) is 10.5. The highest BCUT2D eigenvalue weighted by Crippen LogP contribution is 2.36. The van der Waals surface area contributed by atoms with Crippen LogP contribution in [0.25, 0.3) is 11.0 Å². The third-order valence-corrected chi connectivity index (χ3v) is 5.64. The van der Waals surface area contributed by atoms with Crippen LogP contribution in [0.2, 0.25) is 0 Å². The first-order chi connectivity index (χ1) is 14.7. The SMILES string of the molecule is COc1cccc2c1CCCC2CN(C)CCc1ccc2ccoc2c1.CS(=O)(=O)O. The molecule has 1 atom stereocenters. The molecule has 1 N–H and O–H groups in total. The molecular weight excluding hydrogens is 414 g/mol. The highest BCUT2D eigenvalue weighted by molar-refractivity contribution is 7.85. The fraction of sp³-hybridized carbons (Fsp3) is 0.417. The van der Waals surface area contributed by atoms with Crippen LogP contribution in [0.1, 0.15) is 35.4 Å². The van der Waals surface area contributed by atoms with Crippen LogP contribution in [-0.4, -0.2) is 51.4 Å². The van der Waals surface area contributed by atoms with Gasteiger partial charge >= 0.3 is 0 Å². The van der Waals surface area contributed by atoms with Crippen LogP contribution >= 0.6 is 0 Å². The Morgan fingerprint density at radius 1 is 1.23 bits per heavy atom. The minimum absolute atomic E-state index is 0.603. The summed E-state index contributed by atoms with van der Waals surface area (Å²) in [6.45, 7) is 2.16. The summed E-state index contributed by atoms with van der Waals surface area (Å²) in [6.07, 6.45) is 7.18. The Morgan fingerprint density at radius 3 is 2.74 bits per heavy atom. The number of methoxy groups -OCH3 is 1. The normalized spacial score (nSPS) is 16.0. The molecule has 1 heterocycles. The molecular formula is C24H31NO5S. The minimum Gasteiger partial charge on any atom is -0.496 e. The van der Waals surface area contributed by atoms with Gasteiger partial charge in [-0.1, -0.05) is 24.3 Å². The third-order valence-electron chi connectivity index (χ3n) is 5.64. The van der Waals surface area contributed by atoms with E-state index in [1.54, 1.807) is 13.4 Å². The number of nitrogens with zero attached hydrogens (tertiary/aromatic N) is 1. The molecule has 0 saturated carbocycles. The number of ether oxygens (including phenoxy) is 1. The zero-order valence-corrected chi connectivity index (χ0v) is 19.2. The maximum atomic E-state index is 9.19. The minimum atomic E-state index is -3.67. The van der Waals surface area contributed by atoms with E-state index in [9.17, 15) is 8.42 Å². The molecule has 0 fully saturated rings. The van der Waals surface area contributed by atoms with E-state index in [4.69, 9.17) is 13.7 Å². The van der Waals surface area contributed by atoms with Gasteiger partial charge in [-0.3, -0.25) is 4.55 Å². The Kier molecular flexibility index (Phi) is 7.75. The zero-order chi connectivity index (χ0) is 22.4.